The highest BCUT2D eigenvalue weighted by molar-refractivity contribution is 5.92. The zero-order chi connectivity index (χ0) is 14.8. The lowest BCUT2D eigenvalue weighted by atomic mass is 10.1. The van der Waals surface area contributed by atoms with E-state index in [0.717, 1.165) is 0 Å². The molecule has 1 aromatic heterocycles. The van der Waals surface area contributed by atoms with Crippen molar-refractivity contribution in [3.63, 3.8) is 0 Å². The Morgan fingerprint density at radius 1 is 1.41 bits per heavy atom. The molecule has 116 valence electrons. The van der Waals surface area contributed by atoms with Crippen LogP contribution in [-0.4, -0.2) is 12.7 Å². The fraction of sp³-hybridized carbons (Fsp3) is 0.200. The molecule has 22 heavy (non-hydrogen) atoms. The molecular formula is C15H14ClFN2O3. The first-order chi connectivity index (χ1) is 10.1. The van der Waals surface area contributed by atoms with Crippen molar-refractivity contribution in [2.45, 2.75) is 13.2 Å². The van der Waals surface area contributed by atoms with Crippen LogP contribution in [0.3, 0.4) is 0 Å². The molecular weight excluding hydrogens is 311 g/mol. The van der Waals surface area contributed by atoms with Gasteiger partial charge in [-0.1, -0.05) is 0 Å². The summed E-state index contributed by atoms with van der Waals surface area (Å²) in [5.41, 5.74) is 7.03. The Bertz CT molecular complexity index is 709. The van der Waals surface area contributed by atoms with Gasteiger partial charge in [0.2, 0.25) is 0 Å². The molecule has 0 spiro atoms. The molecule has 5 nitrogen and oxygen atoms in total. The van der Waals surface area contributed by atoms with Gasteiger partial charge >= 0.3 is 0 Å². The van der Waals surface area contributed by atoms with E-state index in [1.807, 2.05) is 0 Å². The molecule has 0 saturated heterocycles. The Hall–Kier alpha value is -2.18. The Labute approximate surface area is 132 Å². The Kier molecular flexibility index (Phi) is 4.95. The summed E-state index contributed by atoms with van der Waals surface area (Å²) in [6.45, 7) is 0.852. The van der Waals surface area contributed by atoms with Crippen molar-refractivity contribution in [1.82, 2.24) is 0 Å². The lowest BCUT2D eigenvalue weighted by Gasteiger charge is -2.19. The number of fused-ring (bicyclic) bond motifs is 1. The van der Waals surface area contributed by atoms with Crippen molar-refractivity contribution in [3.05, 3.63) is 59.2 Å². The van der Waals surface area contributed by atoms with Crippen LogP contribution in [0.5, 0.6) is 5.75 Å². The fourth-order valence-electron chi connectivity index (χ4n) is 2.34. The number of primary amides is 1. The van der Waals surface area contributed by atoms with Crippen LogP contribution in [0, 0.1) is 5.82 Å². The number of nitrogens with zero attached hydrogens (tertiary/aromatic N) is 1. The number of benzene rings is 1. The van der Waals surface area contributed by atoms with Crippen molar-refractivity contribution in [3.8, 4) is 5.75 Å². The first-order valence-corrected chi connectivity index (χ1v) is 6.44. The molecule has 0 radical (unpaired) electrons. The molecule has 3 rings (SSSR count). The summed E-state index contributed by atoms with van der Waals surface area (Å²) in [6, 6.07) is 6.18. The molecule has 0 unspecified atom stereocenters. The molecule has 0 fully saturated rings. The van der Waals surface area contributed by atoms with Gasteiger partial charge in [-0.3, -0.25) is 4.79 Å². The van der Waals surface area contributed by atoms with Gasteiger partial charge in [0.15, 0.2) is 25.7 Å². The summed E-state index contributed by atoms with van der Waals surface area (Å²) in [4.78, 5) is 11.2. The van der Waals surface area contributed by atoms with Gasteiger partial charge in [0, 0.05) is 11.6 Å². The molecule has 0 atom stereocenters. The minimum Gasteiger partial charge on any atom is -1.00 e. The number of aromatic nitrogens is 1. The standard InChI is InChI=1S/C15H13FN2O3.ClH/c16-13-4-11(14-12(5-13)8-20-9-21-14)7-18-3-1-2-10(6-18)15(17)19;/h1-6H,7-9H2,(H-,17,19);1H. The minimum absolute atomic E-state index is 0. The molecule has 2 N–H and O–H groups in total. The van der Waals surface area contributed by atoms with E-state index in [4.69, 9.17) is 15.2 Å². The quantitative estimate of drug-likeness (QED) is 0.673. The molecule has 0 aliphatic carbocycles. The number of pyridine rings is 1. The average Bonchev–Trinajstić information content (AvgIpc) is 2.47. The smallest absolute Gasteiger partial charge is 0.254 e. The number of hydrogen-bond acceptors (Lipinski definition) is 3. The van der Waals surface area contributed by atoms with Gasteiger partial charge in [0.25, 0.3) is 5.91 Å². The Morgan fingerprint density at radius 3 is 3.00 bits per heavy atom. The van der Waals surface area contributed by atoms with Crippen molar-refractivity contribution in [2.75, 3.05) is 6.79 Å². The molecule has 1 aliphatic rings. The number of carbonyl (C=O) groups excluding carboxylic acids is 1. The highest BCUT2D eigenvalue weighted by Gasteiger charge is 2.19. The van der Waals surface area contributed by atoms with Gasteiger partial charge in [-0.2, -0.15) is 4.57 Å². The predicted molar refractivity (Wildman–Crippen MR) is 70.9 cm³/mol. The normalized spacial score (nSPS) is 12.8. The molecule has 7 heteroatoms. The lowest BCUT2D eigenvalue weighted by molar-refractivity contribution is -0.688. The van der Waals surface area contributed by atoms with E-state index in [9.17, 15) is 9.18 Å². The van der Waals surface area contributed by atoms with Crippen LogP contribution in [0.1, 0.15) is 21.5 Å². The van der Waals surface area contributed by atoms with Gasteiger partial charge in [0.1, 0.15) is 17.1 Å². The topological polar surface area (TPSA) is 65.4 Å². The number of ether oxygens (including phenoxy) is 2. The first-order valence-electron chi connectivity index (χ1n) is 6.44. The maximum Gasteiger partial charge on any atom is 0.254 e. The zero-order valence-corrected chi connectivity index (χ0v) is 12.3. The second-order valence-corrected chi connectivity index (χ2v) is 4.79. The Balaban J connectivity index is 0.00000176. The highest BCUT2D eigenvalue weighted by atomic mass is 35.5. The van der Waals surface area contributed by atoms with Crippen LogP contribution in [-0.2, 0) is 17.9 Å². The van der Waals surface area contributed by atoms with Gasteiger partial charge < -0.3 is 27.6 Å². The maximum atomic E-state index is 13.7. The summed E-state index contributed by atoms with van der Waals surface area (Å²) in [6.07, 6.45) is 3.40. The van der Waals surface area contributed by atoms with Crippen LogP contribution in [0.25, 0.3) is 0 Å². The number of carbonyl (C=O) groups is 1. The summed E-state index contributed by atoms with van der Waals surface area (Å²) in [5.74, 6) is -0.209. The van der Waals surface area contributed by atoms with Gasteiger partial charge in [-0.05, 0) is 18.2 Å². The molecule has 1 aromatic carbocycles. The fourth-order valence-corrected chi connectivity index (χ4v) is 2.34. The SMILES string of the molecule is NC(=O)c1ccc[n+](Cc2cc(F)cc3c2OCOC3)c1.[Cl-]. The number of hydrogen-bond donors (Lipinski definition) is 1. The molecule has 0 saturated carbocycles. The molecule has 1 aliphatic heterocycles. The van der Waals surface area contributed by atoms with E-state index in [1.165, 1.54) is 12.1 Å². The number of rotatable bonds is 3. The minimum atomic E-state index is -0.504. The Morgan fingerprint density at radius 2 is 2.23 bits per heavy atom. The van der Waals surface area contributed by atoms with Crippen LogP contribution in [0.2, 0.25) is 0 Å². The predicted octanol–water partition coefficient (Wildman–Crippen LogP) is -1.87. The van der Waals surface area contributed by atoms with Gasteiger partial charge in [-0.25, -0.2) is 4.39 Å². The van der Waals surface area contributed by atoms with Crippen molar-refractivity contribution in [2.24, 2.45) is 5.73 Å². The van der Waals surface area contributed by atoms with Crippen molar-refractivity contribution >= 4 is 5.91 Å². The average molecular weight is 325 g/mol. The van der Waals surface area contributed by atoms with Crippen LogP contribution < -0.4 is 27.4 Å². The van der Waals surface area contributed by atoms with E-state index in [0.29, 0.717) is 35.6 Å². The third-order valence-corrected chi connectivity index (χ3v) is 3.25. The van der Waals surface area contributed by atoms with E-state index in [-0.39, 0.29) is 25.0 Å². The van der Waals surface area contributed by atoms with E-state index in [2.05, 4.69) is 0 Å². The van der Waals surface area contributed by atoms with E-state index >= 15 is 0 Å². The molecule has 2 heterocycles. The highest BCUT2D eigenvalue weighted by Crippen LogP contribution is 2.29. The summed E-state index contributed by atoms with van der Waals surface area (Å²) in [7, 11) is 0. The number of amides is 1. The summed E-state index contributed by atoms with van der Waals surface area (Å²) < 4.78 is 26.0. The van der Waals surface area contributed by atoms with Crippen LogP contribution >= 0.6 is 0 Å². The largest absolute Gasteiger partial charge is 1.00 e. The van der Waals surface area contributed by atoms with Crippen LogP contribution in [0.15, 0.2) is 36.7 Å². The maximum absolute atomic E-state index is 13.7. The van der Waals surface area contributed by atoms with E-state index < -0.39 is 5.91 Å². The lowest BCUT2D eigenvalue weighted by Crippen LogP contribution is -3.00. The van der Waals surface area contributed by atoms with Crippen molar-refractivity contribution < 1.29 is 35.6 Å². The van der Waals surface area contributed by atoms with Crippen molar-refractivity contribution in [1.29, 1.82) is 0 Å². The third-order valence-electron chi connectivity index (χ3n) is 3.25. The first kappa shape index (κ1) is 16.2. The zero-order valence-electron chi connectivity index (χ0n) is 11.6. The summed E-state index contributed by atoms with van der Waals surface area (Å²) >= 11 is 0. The monoisotopic (exact) mass is 324 g/mol. The molecule has 2 aromatic rings. The van der Waals surface area contributed by atoms with Crippen LogP contribution in [0.4, 0.5) is 4.39 Å². The number of halogens is 2. The third kappa shape index (κ3) is 3.35. The number of nitrogens with two attached hydrogens (primary N) is 1. The second-order valence-electron chi connectivity index (χ2n) is 4.79. The molecule has 1 amide bonds. The van der Waals surface area contributed by atoms with E-state index in [1.54, 1.807) is 29.1 Å². The van der Waals surface area contributed by atoms with Gasteiger partial charge in [0.05, 0.1) is 12.2 Å². The summed E-state index contributed by atoms with van der Waals surface area (Å²) in [5, 5.41) is 0. The molecule has 0 bridgehead atoms. The second kappa shape index (κ2) is 6.72. The van der Waals surface area contributed by atoms with Gasteiger partial charge in [-0.15, -0.1) is 0 Å².